The molecule has 2 aromatic heterocycles. The van der Waals surface area contributed by atoms with Crippen molar-refractivity contribution in [1.29, 1.82) is 0 Å². The summed E-state index contributed by atoms with van der Waals surface area (Å²) in [6, 6.07) is 21.7. The quantitative estimate of drug-likeness (QED) is 0.169. The Bertz CT molecular complexity index is 4320. The van der Waals surface area contributed by atoms with Gasteiger partial charge in [0.15, 0.2) is 0 Å². The van der Waals surface area contributed by atoms with Gasteiger partial charge in [-0.25, -0.2) is 0 Å². The lowest BCUT2D eigenvalue weighted by Gasteiger charge is -2.19. The Hall–Kier alpha value is -7.42. The third kappa shape index (κ3) is 4.50. The summed E-state index contributed by atoms with van der Waals surface area (Å²) in [5, 5.41) is 1.60. The molecular weight excluding hydrogens is 681 g/mol. The molecule has 0 aliphatic rings. The van der Waals surface area contributed by atoms with Crippen LogP contribution in [0.1, 0.15) is 20.6 Å². The molecule has 0 saturated heterocycles. The molecule has 0 aliphatic carbocycles. The van der Waals surface area contributed by atoms with Gasteiger partial charge in [0.25, 0.3) is 0 Å². The summed E-state index contributed by atoms with van der Waals surface area (Å²) in [4.78, 5) is 0. The van der Waals surface area contributed by atoms with E-state index in [1.54, 1.807) is 18.2 Å². The van der Waals surface area contributed by atoms with Crippen LogP contribution in [0.5, 0.6) is 0 Å². The minimum atomic E-state index is -0.784. The lowest BCUT2D eigenvalue weighted by molar-refractivity contribution is 0.632. The molecule has 0 fully saturated rings. The van der Waals surface area contributed by atoms with Crippen LogP contribution in [-0.4, -0.2) is 0 Å². The average Bonchev–Trinajstić information content (AvgIpc) is 3.97. The Balaban J connectivity index is 1.36. The second-order valence-electron chi connectivity index (χ2n) is 13.6. The first-order valence-corrected chi connectivity index (χ1v) is 17.9. The monoisotopic (exact) mass is 727 g/mol. The molecule has 12 aromatic rings. The SMILES string of the molecule is [2H]c1c([2H])c([2H])c2c(-c3c4c([2H])c([2H])c([2H])c([2H])c4c(-c4cc5oc(-c6ccc7ccccc7c6)c(-c6ccccc6)c5c5c4oc4ccccc45)c4c([2H])c([2H])c([2H])c([2H])c34)c([2H])c([2H])c([2H])c2c1[2H]. The largest absolute Gasteiger partial charge is 0.455 e. The van der Waals surface area contributed by atoms with E-state index in [2.05, 4.69) is 0 Å². The van der Waals surface area contributed by atoms with Gasteiger partial charge in [0.2, 0.25) is 0 Å². The predicted octanol–water partition coefficient (Wildman–Crippen LogP) is 15.6. The van der Waals surface area contributed by atoms with Crippen LogP contribution in [0.3, 0.4) is 0 Å². The van der Waals surface area contributed by atoms with Crippen LogP contribution in [0.15, 0.2) is 203 Å². The van der Waals surface area contributed by atoms with Crippen molar-refractivity contribution in [3.63, 3.8) is 0 Å². The first kappa shape index (κ1) is 19.8. The van der Waals surface area contributed by atoms with Gasteiger partial charge in [-0.1, -0.05) is 176 Å². The molecule has 2 heteroatoms. The van der Waals surface area contributed by atoms with E-state index in [0.29, 0.717) is 33.1 Å². The molecule has 0 unspecified atom stereocenters. The highest BCUT2D eigenvalue weighted by Crippen LogP contribution is 2.52. The standard InChI is InChI=1S/C54H32O2/c1-2-17-35(18-3-1)48-52-47(56-53(48)37-30-29-33-15-4-5-19-36(33)31-37)32-45(54-51(52)44-26-12-13-28-46(44)55-54)50-42-24-10-8-22-40(42)49(41-23-9-11-25-43(41)50)39-27-14-20-34-16-6-7-21-38(34)39/h1-32H/i6D,7D,8D,9D,10D,11D,14D,16D,20D,21D,22D,23D,24D,25D,27D. The van der Waals surface area contributed by atoms with E-state index in [4.69, 9.17) is 21.2 Å². The molecule has 0 spiro atoms. The van der Waals surface area contributed by atoms with Crippen molar-refractivity contribution in [3.05, 3.63) is 194 Å². The third-order valence-electron chi connectivity index (χ3n) is 10.6. The third-order valence-corrected chi connectivity index (χ3v) is 10.6. The zero-order valence-electron chi connectivity index (χ0n) is 44.1. The first-order chi connectivity index (χ1) is 34.0. The van der Waals surface area contributed by atoms with Crippen LogP contribution in [0.25, 0.3) is 121 Å². The summed E-state index contributed by atoms with van der Waals surface area (Å²) in [6.07, 6.45) is 0. The average molecular weight is 728 g/mol. The molecule has 2 nitrogen and oxygen atoms in total. The van der Waals surface area contributed by atoms with Crippen LogP contribution < -0.4 is 0 Å². The van der Waals surface area contributed by atoms with Gasteiger partial charge in [-0.3, -0.25) is 0 Å². The fraction of sp³-hybridized carbons (Fsp3) is 0. The van der Waals surface area contributed by atoms with Crippen molar-refractivity contribution in [2.45, 2.75) is 0 Å². The summed E-state index contributed by atoms with van der Waals surface area (Å²) in [5.74, 6) is 0.498. The molecule has 0 N–H and O–H groups in total. The van der Waals surface area contributed by atoms with E-state index in [-0.39, 0.29) is 38.3 Å². The van der Waals surface area contributed by atoms with Crippen LogP contribution in [0.4, 0.5) is 0 Å². The lowest BCUT2D eigenvalue weighted by atomic mass is 9.84. The number of furan rings is 2. The summed E-state index contributed by atoms with van der Waals surface area (Å²) in [7, 11) is 0. The predicted molar refractivity (Wildman–Crippen MR) is 235 cm³/mol. The fourth-order valence-corrected chi connectivity index (χ4v) is 8.22. The molecular formula is C54H32O2. The van der Waals surface area contributed by atoms with Crippen LogP contribution >= 0.6 is 0 Å². The zero-order chi connectivity index (χ0) is 49.8. The Labute approximate surface area is 343 Å². The van der Waals surface area contributed by atoms with Crippen LogP contribution in [-0.2, 0) is 0 Å². The molecule has 12 rings (SSSR count). The van der Waals surface area contributed by atoms with Crippen LogP contribution in [0.2, 0.25) is 0 Å². The fourth-order valence-electron chi connectivity index (χ4n) is 8.22. The Kier molecular flexibility index (Phi) is 4.25. The first-order valence-electron chi connectivity index (χ1n) is 25.4. The lowest BCUT2D eigenvalue weighted by Crippen LogP contribution is -1.92. The number of para-hydroxylation sites is 1. The summed E-state index contributed by atoms with van der Waals surface area (Å²) >= 11 is 0. The smallest absolute Gasteiger partial charge is 0.144 e. The highest BCUT2D eigenvalue weighted by molar-refractivity contribution is 6.31. The van der Waals surface area contributed by atoms with Gasteiger partial charge in [-0.05, 0) is 78.0 Å². The second-order valence-corrected chi connectivity index (χ2v) is 13.6. The van der Waals surface area contributed by atoms with Crippen molar-refractivity contribution in [3.8, 4) is 44.7 Å². The normalized spacial score (nSPS) is 15.7. The highest BCUT2D eigenvalue weighted by Gasteiger charge is 2.27. The zero-order valence-corrected chi connectivity index (χ0v) is 29.1. The number of hydrogen-bond acceptors (Lipinski definition) is 2. The van der Waals surface area contributed by atoms with Gasteiger partial charge in [-0.2, -0.15) is 0 Å². The van der Waals surface area contributed by atoms with Gasteiger partial charge >= 0.3 is 0 Å². The molecule has 56 heavy (non-hydrogen) atoms. The van der Waals surface area contributed by atoms with Crippen LogP contribution in [0, 0.1) is 0 Å². The summed E-state index contributed by atoms with van der Waals surface area (Å²) < 4.78 is 152. The van der Waals surface area contributed by atoms with Gasteiger partial charge in [-0.15, -0.1) is 0 Å². The van der Waals surface area contributed by atoms with E-state index in [1.165, 1.54) is 0 Å². The Morgan fingerprint density at radius 3 is 1.75 bits per heavy atom. The Morgan fingerprint density at radius 1 is 0.357 bits per heavy atom. The molecule has 0 aliphatic heterocycles. The van der Waals surface area contributed by atoms with Crippen molar-refractivity contribution in [2.75, 3.05) is 0 Å². The number of benzene rings is 10. The highest BCUT2D eigenvalue weighted by atomic mass is 16.3. The van der Waals surface area contributed by atoms with Crippen molar-refractivity contribution >= 4 is 76.0 Å². The number of hydrogen-bond donors (Lipinski definition) is 0. The van der Waals surface area contributed by atoms with E-state index in [9.17, 15) is 8.22 Å². The maximum Gasteiger partial charge on any atom is 0.144 e. The second kappa shape index (κ2) is 12.0. The molecule has 0 bridgehead atoms. The van der Waals surface area contributed by atoms with Gasteiger partial charge < -0.3 is 8.83 Å². The Morgan fingerprint density at radius 2 is 0.982 bits per heavy atom. The van der Waals surface area contributed by atoms with Gasteiger partial charge in [0.1, 0.15) is 22.5 Å². The molecule has 2 heterocycles. The van der Waals surface area contributed by atoms with Crippen molar-refractivity contribution in [1.82, 2.24) is 0 Å². The topological polar surface area (TPSA) is 26.3 Å². The molecule has 0 amide bonds. The maximum absolute atomic E-state index is 9.74. The number of fused-ring (bicyclic) bond motifs is 9. The van der Waals surface area contributed by atoms with Crippen molar-refractivity contribution in [2.24, 2.45) is 0 Å². The molecule has 0 atom stereocenters. The number of rotatable bonds is 4. The summed E-state index contributed by atoms with van der Waals surface area (Å²) in [6.45, 7) is 0. The van der Waals surface area contributed by atoms with E-state index in [0.717, 1.165) is 27.5 Å². The van der Waals surface area contributed by atoms with E-state index in [1.807, 2.05) is 84.9 Å². The van der Waals surface area contributed by atoms with E-state index >= 15 is 0 Å². The minimum absolute atomic E-state index is 0.102. The molecule has 0 saturated carbocycles. The maximum atomic E-state index is 9.74. The summed E-state index contributed by atoms with van der Waals surface area (Å²) in [5.41, 5.74) is 2.32. The van der Waals surface area contributed by atoms with Gasteiger partial charge in [0.05, 0.1) is 20.6 Å². The molecule has 0 radical (unpaired) electrons. The minimum Gasteiger partial charge on any atom is -0.455 e. The molecule has 10 aromatic carbocycles. The van der Waals surface area contributed by atoms with E-state index < -0.39 is 113 Å². The van der Waals surface area contributed by atoms with Crippen molar-refractivity contribution < 1.29 is 29.4 Å². The van der Waals surface area contributed by atoms with Gasteiger partial charge in [0, 0.05) is 38.4 Å². The molecule has 260 valence electrons.